The fraction of sp³-hybridized carbons (Fsp3) is 0.667. The van der Waals surface area contributed by atoms with Crippen molar-refractivity contribution in [1.29, 1.82) is 0 Å². The van der Waals surface area contributed by atoms with Crippen LogP contribution in [0.3, 0.4) is 0 Å². The zero-order valence-electron chi connectivity index (χ0n) is 7.79. The lowest BCUT2D eigenvalue weighted by atomic mass is 10.4. The molecule has 0 saturated carbocycles. The van der Waals surface area contributed by atoms with Gasteiger partial charge >= 0.3 is 15.2 Å². The van der Waals surface area contributed by atoms with Gasteiger partial charge < -0.3 is 19.2 Å². The molecule has 0 aliphatic heterocycles. The highest BCUT2D eigenvalue weighted by molar-refractivity contribution is 7.77. The van der Waals surface area contributed by atoms with E-state index in [9.17, 15) is 9.13 Å². The van der Waals surface area contributed by atoms with E-state index in [-0.39, 0.29) is 6.61 Å². The van der Waals surface area contributed by atoms with Crippen LogP contribution in [0.2, 0.25) is 0 Å². The van der Waals surface area contributed by atoms with Gasteiger partial charge in [0.25, 0.3) is 0 Å². The van der Waals surface area contributed by atoms with E-state index in [1.165, 1.54) is 0 Å². The van der Waals surface area contributed by atoms with Gasteiger partial charge in [-0.3, -0.25) is 9.13 Å². The van der Waals surface area contributed by atoms with E-state index in [2.05, 4.69) is 11.1 Å². The molecule has 0 aromatic heterocycles. The largest absolute Gasteiger partial charge is 0.366 e. The molecular formula is C6H14O6P2. The van der Waals surface area contributed by atoms with Gasteiger partial charge in [-0.1, -0.05) is 19.9 Å². The molecule has 84 valence electrons. The van der Waals surface area contributed by atoms with Gasteiger partial charge in [0.15, 0.2) is 0 Å². The second-order valence-electron chi connectivity index (χ2n) is 2.67. The van der Waals surface area contributed by atoms with Crippen LogP contribution in [-0.2, 0) is 13.7 Å². The first kappa shape index (κ1) is 14.0. The van der Waals surface area contributed by atoms with Gasteiger partial charge in [0.2, 0.25) is 0 Å². The predicted octanol–water partition coefficient (Wildman–Crippen LogP) is 1.64. The van der Waals surface area contributed by atoms with Crippen molar-refractivity contribution in [3.8, 4) is 0 Å². The third-order valence-corrected chi connectivity index (χ3v) is 4.82. The molecule has 0 fully saturated rings. The fourth-order valence-corrected chi connectivity index (χ4v) is 2.59. The van der Waals surface area contributed by atoms with Crippen molar-refractivity contribution in [2.24, 2.45) is 0 Å². The first-order chi connectivity index (χ1) is 6.22. The SMILES string of the molecule is C=C(P(=O)(O)O)P(=O)(O)OCCCC. The van der Waals surface area contributed by atoms with E-state index in [0.29, 0.717) is 6.42 Å². The topological polar surface area (TPSA) is 104 Å². The minimum atomic E-state index is -4.76. The second-order valence-corrected chi connectivity index (χ2v) is 6.49. The Morgan fingerprint density at radius 1 is 1.36 bits per heavy atom. The van der Waals surface area contributed by atoms with Crippen LogP contribution in [-0.4, -0.2) is 21.3 Å². The summed E-state index contributed by atoms with van der Waals surface area (Å²) in [6, 6.07) is 0. The Labute approximate surface area is 82.3 Å². The molecule has 6 nitrogen and oxygen atoms in total. The van der Waals surface area contributed by atoms with Gasteiger partial charge in [0.05, 0.1) is 6.61 Å². The van der Waals surface area contributed by atoms with Crippen LogP contribution in [0.15, 0.2) is 11.6 Å². The van der Waals surface area contributed by atoms with Crippen LogP contribution in [0.4, 0.5) is 0 Å². The highest BCUT2D eigenvalue weighted by Crippen LogP contribution is 2.65. The van der Waals surface area contributed by atoms with E-state index in [0.717, 1.165) is 6.42 Å². The Hall–Kier alpha value is 0.0400. The van der Waals surface area contributed by atoms with Crippen molar-refractivity contribution in [3.63, 3.8) is 0 Å². The average molecular weight is 244 g/mol. The molecule has 3 N–H and O–H groups in total. The Morgan fingerprint density at radius 2 is 1.86 bits per heavy atom. The summed E-state index contributed by atoms with van der Waals surface area (Å²) in [6.45, 7) is 4.70. The summed E-state index contributed by atoms with van der Waals surface area (Å²) in [5, 5.41) is -1.05. The van der Waals surface area contributed by atoms with Crippen LogP contribution in [0.5, 0.6) is 0 Å². The Bertz CT molecular complexity index is 293. The summed E-state index contributed by atoms with van der Waals surface area (Å²) in [4.78, 5) is 26.2. The molecule has 0 aliphatic carbocycles. The van der Waals surface area contributed by atoms with Gasteiger partial charge in [-0.25, -0.2) is 0 Å². The highest BCUT2D eigenvalue weighted by Gasteiger charge is 2.36. The lowest BCUT2D eigenvalue weighted by Gasteiger charge is -2.14. The molecule has 0 spiro atoms. The van der Waals surface area contributed by atoms with E-state index in [1.807, 2.05) is 6.92 Å². The summed E-state index contributed by atoms with van der Waals surface area (Å²) in [5.41, 5.74) is 0. The molecule has 0 heterocycles. The first-order valence-electron chi connectivity index (χ1n) is 3.94. The van der Waals surface area contributed by atoms with Gasteiger partial charge in [0.1, 0.15) is 5.06 Å². The summed E-state index contributed by atoms with van der Waals surface area (Å²) in [7, 11) is -9.15. The minimum absolute atomic E-state index is 0.0245. The van der Waals surface area contributed by atoms with E-state index >= 15 is 0 Å². The number of rotatable bonds is 6. The Morgan fingerprint density at radius 3 is 2.21 bits per heavy atom. The molecule has 0 bridgehead atoms. The molecule has 0 rings (SSSR count). The Kier molecular flexibility index (Phi) is 5.23. The molecular weight excluding hydrogens is 230 g/mol. The molecule has 0 amide bonds. The van der Waals surface area contributed by atoms with E-state index in [4.69, 9.17) is 14.7 Å². The van der Waals surface area contributed by atoms with Crippen molar-refractivity contribution in [2.75, 3.05) is 6.61 Å². The standard InChI is InChI=1S/C6H14O6P2/c1-3-4-5-12-14(10,11)6(2)13(7,8)9/h2-5H2,1H3,(H,10,11)(H2,7,8,9). The van der Waals surface area contributed by atoms with Crippen LogP contribution in [0, 0.1) is 0 Å². The summed E-state index contributed by atoms with van der Waals surface area (Å²) < 4.78 is 26.2. The third-order valence-electron chi connectivity index (χ3n) is 1.43. The maximum atomic E-state index is 11.2. The number of unbranched alkanes of at least 4 members (excludes halogenated alkanes) is 1. The number of hydrogen-bond acceptors (Lipinski definition) is 3. The van der Waals surface area contributed by atoms with Crippen LogP contribution in [0.1, 0.15) is 19.8 Å². The van der Waals surface area contributed by atoms with Gasteiger partial charge in [0, 0.05) is 0 Å². The lowest BCUT2D eigenvalue weighted by Crippen LogP contribution is -1.95. The van der Waals surface area contributed by atoms with Crippen molar-refractivity contribution in [1.82, 2.24) is 0 Å². The van der Waals surface area contributed by atoms with Crippen molar-refractivity contribution in [3.05, 3.63) is 11.6 Å². The maximum absolute atomic E-state index is 11.2. The first-order valence-corrected chi connectivity index (χ1v) is 7.13. The fourth-order valence-electron chi connectivity index (χ4n) is 0.572. The smallest absolute Gasteiger partial charge is 0.321 e. The maximum Gasteiger partial charge on any atom is 0.366 e. The molecule has 0 saturated heterocycles. The molecule has 1 unspecified atom stereocenters. The normalized spacial score (nSPS) is 16.3. The Balaban J connectivity index is 4.41. The van der Waals surface area contributed by atoms with Gasteiger partial charge in [-0.2, -0.15) is 0 Å². The van der Waals surface area contributed by atoms with Crippen LogP contribution in [0.25, 0.3) is 0 Å². The summed E-state index contributed by atoms with van der Waals surface area (Å²) in [5.74, 6) is 0. The lowest BCUT2D eigenvalue weighted by molar-refractivity contribution is 0.261. The molecule has 8 heteroatoms. The third kappa shape index (κ3) is 4.51. The molecule has 1 atom stereocenters. The zero-order chi connectivity index (χ0) is 11.4. The van der Waals surface area contributed by atoms with Crippen molar-refractivity contribution in [2.45, 2.75) is 19.8 Å². The number of hydrogen-bond donors (Lipinski definition) is 3. The minimum Gasteiger partial charge on any atom is -0.321 e. The molecule has 0 aromatic rings. The molecule has 0 aliphatic rings. The summed E-state index contributed by atoms with van der Waals surface area (Å²) >= 11 is 0. The van der Waals surface area contributed by atoms with Crippen LogP contribution < -0.4 is 0 Å². The van der Waals surface area contributed by atoms with Gasteiger partial charge in [-0.05, 0) is 6.42 Å². The van der Waals surface area contributed by atoms with Gasteiger partial charge in [-0.15, -0.1) is 0 Å². The molecule has 0 aromatic carbocycles. The monoisotopic (exact) mass is 244 g/mol. The summed E-state index contributed by atoms with van der Waals surface area (Å²) in [6.07, 6.45) is 1.29. The second kappa shape index (κ2) is 5.21. The molecule has 14 heavy (non-hydrogen) atoms. The zero-order valence-corrected chi connectivity index (χ0v) is 9.58. The van der Waals surface area contributed by atoms with E-state index in [1.54, 1.807) is 0 Å². The van der Waals surface area contributed by atoms with Crippen molar-refractivity contribution >= 4 is 15.2 Å². The average Bonchev–Trinajstić information content (AvgIpc) is 2.01. The molecule has 0 radical (unpaired) electrons. The predicted molar refractivity (Wildman–Crippen MR) is 51.9 cm³/mol. The van der Waals surface area contributed by atoms with E-state index < -0.39 is 20.2 Å². The van der Waals surface area contributed by atoms with Crippen molar-refractivity contribution < 1.29 is 28.3 Å². The van der Waals surface area contributed by atoms with Crippen LogP contribution >= 0.6 is 15.2 Å². The quantitative estimate of drug-likeness (QED) is 0.484. The highest BCUT2D eigenvalue weighted by atomic mass is 31.2.